The minimum Gasteiger partial charge on any atom is -0.477 e. The highest BCUT2D eigenvalue weighted by Crippen LogP contribution is 2.15. The van der Waals surface area contributed by atoms with Gasteiger partial charge in [0.1, 0.15) is 5.56 Å². The highest BCUT2D eigenvalue weighted by molar-refractivity contribution is 5.92. The lowest BCUT2D eigenvalue weighted by atomic mass is 10.1. The first-order valence-corrected chi connectivity index (χ1v) is 9.23. The summed E-state index contributed by atoms with van der Waals surface area (Å²) in [6.07, 6.45) is 1.48. The summed E-state index contributed by atoms with van der Waals surface area (Å²) in [5.74, 6) is -1.17. The molecule has 1 N–H and O–H groups in total. The molecule has 0 saturated carbocycles. The van der Waals surface area contributed by atoms with Gasteiger partial charge in [-0.25, -0.2) is 4.79 Å². The molecule has 1 fully saturated rings. The lowest BCUT2D eigenvalue weighted by Crippen LogP contribution is -2.45. The molecule has 0 amide bonds. The van der Waals surface area contributed by atoms with Crippen molar-refractivity contribution in [3.05, 3.63) is 45.7 Å². The molecule has 1 saturated heterocycles. The number of carbonyl (C=O) groups is 1. The first kappa shape index (κ1) is 20.1. The Morgan fingerprint density at radius 2 is 1.77 bits per heavy atom. The average molecular weight is 359 g/mol. The fourth-order valence-corrected chi connectivity index (χ4v) is 3.17. The van der Waals surface area contributed by atoms with Crippen LogP contribution in [0.3, 0.4) is 0 Å². The molecule has 3 rings (SSSR count). The summed E-state index contributed by atoms with van der Waals surface area (Å²) in [6, 6.07) is 5.63. The number of hydrogen-bond donors (Lipinski definition) is 1. The van der Waals surface area contributed by atoms with Crippen molar-refractivity contribution in [2.24, 2.45) is 0 Å². The van der Waals surface area contributed by atoms with Crippen LogP contribution in [-0.4, -0.2) is 65.2 Å². The van der Waals surface area contributed by atoms with Crippen LogP contribution in [0.15, 0.2) is 29.2 Å². The number of fused-ring (bicyclic) bond motifs is 1. The Bertz CT molecular complexity index is 821. The highest BCUT2D eigenvalue weighted by atomic mass is 16.4. The molecule has 26 heavy (non-hydrogen) atoms. The van der Waals surface area contributed by atoms with Crippen LogP contribution in [0.2, 0.25) is 0 Å². The van der Waals surface area contributed by atoms with Gasteiger partial charge in [0.05, 0.1) is 5.52 Å². The first-order chi connectivity index (χ1) is 12.5. The van der Waals surface area contributed by atoms with Crippen molar-refractivity contribution in [2.45, 2.75) is 27.3 Å². The lowest BCUT2D eigenvalue weighted by Gasteiger charge is -2.32. The summed E-state index contributed by atoms with van der Waals surface area (Å²) in [7, 11) is 2.12. The molecule has 1 aromatic heterocycles. The minimum atomic E-state index is -1.17. The van der Waals surface area contributed by atoms with Gasteiger partial charge < -0.3 is 14.6 Å². The van der Waals surface area contributed by atoms with E-state index in [-0.39, 0.29) is 5.56 Å². The van der Waals surface area contributed by atoms with Gasteiger partial charge in [0.15, 0.2) is 0 Å². The predicted molar refractivity (Wildman–Crippen MR) is 105 cm³/mol. The van der Waals surface area contributed by atoms with Gasteiger partial charge in [-0.05, 0) is 26.1 Å². The summed E-state index contributed by atoms with van der Waals surface area (Å²) in [6.45, 7) is 11.5. The third kappa shape index (κ3) is 4.51. The molecule has 0 aliphatic carbocycles. The molecule has 1 aliphatic heterocycles. The van der Waals surface area contributed by atoms with Gasteiger partial charge in [-0.15, -0.1) is 0 Å². The third-order valence-electron chi connectivity index (χ3n) is 4.72. The van der Waals surface area contributed by atoms with Crippen molar-refractivity contribution in [3.63, 3.8) is 0 Å². The molecule has 2 aromatic rings. The van der Waals surface area contributed by atoms with Crippen LogP contribution in [0.25, 0.3) is 10.9 Å². The number of aromatic carboxylic acids is 1. The van der Waals surface area contributed by atoms with Crippen molar-refractivity contribution in [1.29, 1.82) is 0 Å². The van der Waals surface area contributed by atoms with Crippen molar-refractivity contribution >= 4 is 16.9 Å². The molecule has 0 unspecified atom stereocenters. The van der Waals surface area contributed by atoms with Crippen LogP contribution >= 0.6 is 0 Å². The molecule has 1 aliphatic rings. The summed E-state index contributed by atoms with van der Waals surface area (Å²) >= 11 is 0. The molecule has 6 nitrogen and oxygen atoms in total. The number of carboxylic acids is 1. The van der Waals surface area contributed by atoms with Gasteiger partial charge in [-0.2, -0.15) is 0 Å². The van der Waals surface area contributed by atoms with E-state index in [1.165, 1.54) is 6.20 Å². The molecule has 0 bridgehead atoms. The molecule has 0 spiro atoms. The van der Waals surface area contributed by atoms with Crippen LogP contribution in [0.5, 0.6) is 0 Å². The van der Waals surface area contributed by atoms with E-state index in [2.05, 4.69) is 16.8 Å². The zero-order valence-corrected chi connectivity index (χ0v) is 16.2. The second-order valence-electron chi connectivity index (χ2n) is 6.54. The number of rotatable bonds is 4. The summed E-state index contributed by atoms with van der Waals surface area (Å²) < 4.78 is 1.90. The van der Waals surface area contributed by atoms with Crippen LogP contribution < -0.4 is 5.43 Å². The van der Waals surface area contributed by atoms with Gasteiger partial charge in [0, 0.05) is 50.9 Å². The Kier molecular flexibility index (Phi) is 6.94. The topological polar surface area (TPSA) is 65.8 Å². The Morgan fingerprint density at radius 3 is 2.38 bits per heavy atom. The molecule has 0 atom stereocenters. The lowest BCUT2D eigenvalue weighted by molar-refractivity contribution is 0.0694. The number of nitrogens with zero attached hydrogens (tertiary/aromatic N) is 3. The van der Waals surface area contributed by atoms with Gasteiger partial charge >= 0.3 is 5.97 Å². The first-order valence-electron chi connectivity index (χ1n) is 9.23. The van der Waals surface area contributed by atoms with E-state index in [4.69, 9.17) is 0 Å². The number of carboxylic acid groups (broad SMARTS) is 1. The maximum atomic E-state index is 12.4. The fraction of sp³-hybridized carbons (Fsp3) is 0.500. The molecular formula is C20H29N3O3. The number of aromatic nitrogens is 1. The van der Waals surface area contributed by atoms with E-state index < -0.39 is 11.4 Å². The van der Waals surface area contributed by atoms with Gasteiger partial charge in [-0.3, -0.25) is 9.69 Å². The Hall–Kier alpha value is -2.18. The molecule has 0 radical (unpaired) electrons. The normalized spacial score (nSPS) is 15.5. The predicted octanol–water partition coefficient (Wildman–Crippen LogP) is 2.28. The van der Waals surface area contributed by atoms with Crippen molar-refractivity contribution in [1.82, 2.24) is 14.4 Å². The number of benzene rings is 1. The Labute approximate surface area is 154 Å². The van der Waals surface area contributed by atoms with Crippen molar-refractivity contribution in [2.75, 3.05) is 39.8 Å². The molecule has 6 heteroatoms. The highest BCUT2D eigenvalue weighted by Gasteiger charge is 2.17. The van der Waals surface area contributed by atoms with Crippen LogP contribution in [-0.2, 0) is 6.54 Å². The largest absolute Gasteiger partial charge is 0.477 e. The Balaban J connectivity index is 0.00000117. The maximum Gasteiger partial charge on any atom is 0.341 e. The van der Waals surface area contributed by atoms with E-state index in [9.17, 15) is 14.7 Å². The number of aryl methyl sites for hydroxylation is 1. The van der Waals surface area contributed by atoms with E-state index in [1.54, 1.807) is 6.07 Å². The van der Waals surface area contributed by atoms with Gasteiger partial charge in [0.2, 0.25) is 5.43 Å². The van der Waals surface area contributed by atoms with E-state index in [0.717, 1.165) is 43.8 Å². The third-order valence-corrected chi connectivity index (χ3v) is 4.72. The fourth-order valence-electron chi connectivity index (χ4n) is 3.17. The molecule has 142 valence electrons. The van der Waals surface area contributed by atoms with Crippen molar-refractivity contribution < 1.29 is 9.90 Å². The number of piperazine rings is 1. The second kappa shape index (κ2) is 8.96. The van der Waals surface area contributed by atoms with Crippen LogP contribution in [0.1, 0.15) is 29.8 Å². The quantitative estimate of drug-likeness (QED) is 0.907. The Morgan fingerprint density at radius 1 is 1.12 bits per heavy atom. The molecular weight excluding hydrogens is 330 g/mol. The minimum absolute atomic E-state index is 0.161. The molecule has 2 heterocycles. The van der Waals surface area contributed by atoms with Crippen LogP contribution in [0.4, 0.5) is 0 Å². The zero-order chi connectivity index (χ0) is 19.3. The second-order valence-corrected chi connectivity index (χ2v) is 6.54. The SMILES string of the molecule is CC.Cc1ccc2c(c1)c(=O)c(C(=O)O)cn2CCN1CCN(C)CC1. The maximum absolute atomic E-state index is 12.4. The van der Waals surface area contributed by atoms with Gasteiger partial charge in [-0.1, -0.05) is 25.5 Å². The smallest absolute Gasteiger partial charge is 0.341 e. The summed E-state index contributed by atoms with van der Waals surface area (Å²) in [5, 5.41) is 9.82. The summed E-state index contributed by atoms with van der Waals surface area (Å²) in [5.41, 5.74) is 1.18. The van der Waals surface area contributed by atoms with Crippen molar-refractivity contribution in [3.8, 4) is 0 Å². The standard InChI is InChI=1S/C18H23N3O3.C2H6/c1-13-3-4-16-14(11-13)17(22)15(18(23)24)12-21(16)10-9-20-7-5-19(2)6-8-20;1-2/h3-4,11-12H,5-10H2,1-2H3,(H,23,24);1-2H3. The monoisotopic (exact) mass is 359 g/mol. The van der Waals surface area contributed by atoms with Gasteiger partial charge in [0.25, 0.3) is 0 Å². The number of pyridine rings is 1. The average Bonchev–Trinajstić information content (AvgIpc) is 2.64. The van der Waals surface area contributed by atoms with E-state index in [0.29, 0.717) is 11.9 Å². The zero-order valence-electron chi connectivity index (χ0n) is 16.2. The summed E-state index contributed by atoms with van der Waals surface area (Å²) in [4.78, 5) is 28.5. The number of hydrogen-bond acceptors (Lipinski definition) is 4. The molecule has 1 aromatic carbocycles. The van der Waals surface area contributed by atoms with E-state index in [1.807, 2.05) is 37.5 Å². The van der Waals surface area contributed by atoms with Crippen LogP contribution in [0, 0.1) is 6.92 Å². The number of likely N-dealkylation sites (N-methyl/N-ethyl adjacent to an activating group) is 1. The van der Waals surface area contributed by atoms with E-state index >= 15 is 0 Å².